The Bertz CT molecular complexity index is 460. The standard InChI is InChI=1S/C16H24O5/c1-9-5-4-6-16(2)14(21-16)13-12(11(17)7-9)10(8-19-3)15(18)20-13/h5,10-14,17H,4,6-8H2,1-3H3/b9-5+. The van der Waals surface area contributed by atoms with Crippen molar-refractivity contribution in [3.05, 3.63) is 11.6 Å². The van der Waals surface area contributed by atoms with Crippen LogP contribution in [0, 0.1) is 11.8 Å². The summed E-state index contributed by atoms with van der Waals surface area (Å²) in [6.07, 6.45) is 3.51. The van der Waals surface area contributed by atoms with E-state index in [1.54, 1.807) is 7.11 Å². The fraction of sp³-hybridized carbons (Fsp3) is 0.812. The number of esters is 1. The first-order valence-electron chi connectivity index (χ1n) is 7.67. The van der Waals surface area contributed by atoms with Crippen LogP contribution >= 0.6 is 0 Å². The molecule has 0 radical (unpaired) electrons. The van der Waals surface area contributed by atoms with Crippen LogP contribution in [0.5, 0.6) is 0 Å². The molecule has 2 fully saturated rings. The SMILES string of the molecule is COCC1C(=O)OC2C1C(O)C/C(C)=C/CCC1(C)OC21. The Morgan fingerprint density at radius 1 is 1.52 bits per heavy atom. The zero-order valence-corrected chi connectivity index (χ0v) is 12.9. The van der Waals surface area contributed by atoms with E-state index >= 15 is 0 Å². The van der Waals surface area contributed by atoms with Gasteiger partial charge in [-0.05, 0) is 33.1 Å². The van der Waals surface area contributed by atoms with E-state index in [0.29, 0.717) is 6.42 Å². The number of allylic oxidation sites excluding steroid dienone is 1. The van der Waals surface area contributed by atoms with Crippen LogP contribution in [0.15, 0.2) is 11.6 Å². The van der Waals surface area contributed by atoms with E-state index in [1.165, 1.54) is 0 Å². The molecule has 0 aromatic rings. The molecule has 0 aromatic heterocycles. The molecule has 5 nitrogen and oxygen atoms in total. The van der Waals surface area contributed by atoms with Crippen LogP contribution in [0.2, 0.25) is 0 Å². The molecule has 2 heterocycles. The molecule has 1 N–H and O–H groups in total. The van der Waals surface area contributed by atoms with Gasteiger partial charge in [-0.2, -0.15) is 0 Å². The number of carbonyl (C=O) groups excluding carboxylic acids is 1. The van der Waals surface area contributed by atoms with Crippen molar-refractivity contribution in [2.75, 3.05) is 13.7 Å². The molecule has 0 bridgehead atoms. The quantitative estimate of drug-likeness (QED) is 0.474. The molecule has 0 amide bonds. The van der Waals surface area contributed by atoms with Gasteiger partial charge in [-0.3, -0.25) is 4.79 Å². The van der Waals surface area contributed by atoms with E-state index in [0.717, 1.165) is 18.4 Å². The van der Waals surface area contributed by atoms with Crippen LogP contribution in [0.3, 0.4) is 0 Å². The minimum absolute atomic E-state index is 0.102. The first kappa shape index (κ1) is 15.0. The average Bonchev–Trinajstić information content (AvgIpc) is 2.96. The Morgan fingerprint density at radius 3 is 3.00 bits per heavy atom. The van der Waals surface area contributed by atoms with Crippen LogP contribution in [0.1, 0.15) is 33.1 Å². The van der Waals surface area contributed by atoms with Crippen molar-refractivity contribution in [2.45, 2.75) is 57.0 Å². The number of aliphatic hydroxyl groups excluding tert-OH is 1. The molecule has 0 aromatic carbocycles. The van der Waals surface area contributed by atoms with Crippen LogP contribution in [-0.2, 0) is 19.0 Å². The second-order valence-electron chi connectivity index (χ2n) is 6.75. The van der Waals surface area contributed by atoms with Gasteiger partial charge in [0.15, 0.2) is 0 Å². The van der Waals surface area contributed by atoms with E-state index in [9.17, 15) is 9.90 Å². The Labute approximate surface area is 125 Å². The highest BCUT2D eigenvalue weighted by atomic mass is 16.6. The highest BCUT2D eigenvalue weighted by Gasteiger charge is 2.64. The summed E-state index contributed by atoms with van der Waals surface area (Å²) in [7, 11) is 1.57. The summed E-state index contributed by atoms with van der Waals surface area (Å²) >= 11 is 0. The Morgan fingerprint density at radius 2 is 2.29 bits per heavy atom. The van der Waals surface area contributed by atoms with Crippen LogP contribution in [0.4, 0.5) is 0 Å². The summed E-state index contributed by atoms with van der Waals surface area (Å²) in [5, 5.41) is 10.6. The number of carbonyl (C=O) groups is 1. The number of methoxy groups -OCH3 is 1. The van der Waals surface area contributed by atoms with Crippen LogP contribution < -0.4 is 0 Å². The van der Waals surface area contributed by atoms with Gasteiger partial charge in [-0.1, -0.05) is 11.6 Å². The van der Waals surface area contributed by atoms with E-state index in [-0.39, 0.29) is 36.3 Å². The smallest absolute Gasteiger partial charge is 0.312 e. The molecule has 0 spiro atoms. The minimum atomic E-state index is -0.607. The minimum Gasteiger partial charge on any atom is -0.459 e. The van der Waals surface area contributed by atoms with Gasteiger partial charge in [-0.15, -0.1) is 0 Å². The molecular formula is C16H24O5. The van der Waals surface area contributed by atoms with Crippen molar-refractivity contribution in [1.82, 2.24) is 0 Å². The zero-order chi connectivity index (χ0) is 15.2. The summed E-state index contributed by atoms with van der Waals surface area (Å²) in [6, 6.07) is 0. The highest BCUT2D eigenvalue weighted by Crippen LogP contribution is 2.50. The molecule has 3 rings (SSSR count). The molecule has 5 heteroatoms. The number of rotatable bonds is 2. The van der Waals surface area contributed by atoms with Crippen LogP contribution in [0.25, 0.3) is 0 Å². The van der Waals surface area contributed by atoms with Crippen molar-refractivity contribution in [1.29, 1.82) is 0 Å². The second kappa shape index (κ2) is 5.38. The third-order valence-electron chi connectivity index (χ3n) is 5.09. The lowest BCUT2D eigenvalue weighted by Crippen LogP contribution is -2.39. The second-order valence-corrected chi connectivity index (χ2v) is 6.75. The molecule has 6 atom stereocenters. The predicted molar refractivity (Wildman–Crippen MR) is 75.6 cm³/mol. The largest absolute Gasteiger partial charge is 0.459 e. The van der Waals surface area contributed by atoms with Crippen molar-refractivity contribution in [2.24, 2.45) is 11.8 Å². The van der Waals surface area contributed by atoms with Crippen molar-refractivity contribution < 1.29 is 24.1 Å². The Kier molecular flexibility index (Phi) is 3.84. The number of hydrogen-bond acceptors (Lipinski definition) is 5. The first-order chi connectivity index (χ1) is 9.96. The first-order valence-corrected chi connectivity index (χ1v) is 7.67. The van der Waals surface area contributed by atoms with E-state index < -0.39 is 12.0 Å². The molecule has 3 aliphatic rings. The maximum absolute atomic E-state index is 12.1. The fourth-order valence-corrected chi connectivity index (χ4v) is 3.82. The third kappa shape index (κ3) is 2.62. The normalized spacial score (nSPS) is 48.7. The summed E-state index contributed by atoms with van der Waals surface area (Å²) in [5.41, 5.74) is 0.915. The van der Waals surface area contributed by atoms with Crippen LogP contribution in [-0.4, -0.2) is 48.7 Å². The number of epoxide rings is 1. The Hall–Kier alpha value is -0.910. The summed E-state index contributed by atoms with van der Waals surface area (Å²) < 4.78 is 16.6. The van der Waals surface area contributed by atoms with Gasteiger partial charge in [0.1, 0.15) is 12.2 Å². The lowest BCUT2D eigenvalue weighted by Gasteiger charge is -2.26. The topological polar surface area (TPSA) is 68.3 Å². The summed E-state index contributed by atoms with van der Waals surface area (Å²) in [5.74, 6) is -0.939. The van der Waals surface area contributed by atoms with Crippen molar-refractivity contribution in [3.63, 3.8) is 0 Å². The number of fused-ring (bicyclic) bond motifs is 3. The van der Waals surface area contributed by atoms with Crippen molar-refractivity contribution >= 4 is 5.97 Å². The molecule has 21 heavy (non-hydrogen) atoms. The maximum atomic E-state index is 12.1. The molecule has 2 aliphatic heterocycles. The average molecular weight is 296 g/mol. The molecule has 0 saturated carbocycles. The zero-order valence-electron chi connectivity index (χ0n) is 12.9. The Balaban J connectivity index is 1.90. The summed E-state index contributed by atoms with van der Waals surface area (Å²) in [4.78, 5) is 12.1. The molecular weight excluding hydrogens is 272 g/mol. The monoisotopic (exact) mass is 296 g/mol. The van der Waals surface area contributed by atoms with Gasteiger partial charge in [0, 0.05) is 13.0 Å². The fourth-order valence-electron chi connectivity index (χ4n) is 3.82. The number of hydrogen-bond donors (Lipinski definition) is 1. The van der Waals surface area contributed by atoms with Crippen molar-refractivity contribution in [3.8, 4) is 0 Å². The van der Waals surface area contributed by atoms with Gasteiger partial charge < -0.3 is 19.3 Å². The van der Waals surface area contributed by atoms with Gasteiger partial charge in [0.2, 0.25) is 0 Å². The molecule has 2 saturated heterocycles. The van der Waals surface area contributed by atoms with E-state index in [4.69, 9.17) is 14.2 Å². The van der Waals surface area contributed by atoms with Gasteiger partial charge >= 0.3 is 5.97 Å². The lowest BCUT2D eigenvalue weighted by molar-refractivity contribution is -0.145. The molecule has 118 valence electrons. The van der Waals surface area contributed by atoms with Gasteiger partial charge in [0.25, 0.3) is 0 Å². The van der Waals surface area contributed by atoms with E-state index in [1.807, 2.05) is 6.92 Å². The van der Waals surface area contributed by atoms with Gasteiger partial charge in [0.05, 0.1) is 24.2 Å². The van der Waals surface area contributed by atoms with E-state index in [2.05, 4.69) is 13.0 Å². The number of ether oxygens (including phenoxy) is 3. The lowest BCUT2D eigenvalue weighted by atomic mass is 9.79. The predicted octanol–water partition coefficient (Wildman–Crippen LogP) is 1.44. The van der Waals surface area contributed by atoms with Gasteiger partial charge in [-0.25, -0.2) is 0 Å². The maximum Gasteiger partial charge on any atom is 0.312 e. The highest BCUT2D eigenvalue weighted by molar-refractivity contribution is 5.76. The summed E-state index contributed by atoms with van der Waals surface area (Å²) in [6.45, 7) is 4.36. The number of aliphatic hydroxyl groups is 1. The third-order valence-corrected chi connectivity index (χ3v) is 5.09. The molecule has 1 aliphatic carbocycles. The molecule has 6 unspecified atom stereocenters.